The van der Waals surface area contributed by atoms with Gasteiger partial charge in [0.15, 0.2) is 0 Å². The van der Waals surface area contributed by atoms with Crippen molar-refractivity contribution in [2.45, 2.75) is 33.1 Å². The van der Waals surface area contributed by atoms with Crippen LogP contribution >= 0.6 is 12.6 Å². The van der Waals surface area contributed by atoms with Gasteiger partial charge in [-0.3, -0.25) is 4.79 Å². The van der Waals surface area contributed by atoms with Crippen molar-refractivity contribution < 1.29 is 9.53 Å². The molecule has 1 rings (SSSR count). The predicted octanol–water partition coefficient (Wildman–Crippen LogP) is 3.23. The van der Waals surface area contributed by atoms with Gasteiger partial charge in [-0.2, -0.15) is 0 Å². The molecule has 1 N–H and O–H groups in total. The molecule has 0 spiro atoms. The van der Waals surface area contributed by atoms with Crippen molar-refractivity contribution in [1.82, 2.24) is 5.32 Å². The Kier molecular flexibility index (Phi) is 4.68. The van der Waals surface area contributed by atoms with Gasteiger partial charge in [-0.15, -0.1) is 0 Å². The first-order valence-corrected chi connectivity index (χ1v) is 6.35. The molecule has 18 heavy (non-hydrogen) atoms. The normalized spacial score (nSPS) is 11.2. The highest BCUT2D eigenvalue weighted by atomic mass is 32.1. The molecule has 1 aromatic carbocycles. The molecule has 0 fully saturated rings. The van der Waals surface area contributed by atoms with Gasteiger partial charge in [0, 0.05) is 12.0 Å². The summed E-state index contributed by atoms with van der Waals surface area (Å²) in [5, 5.41) is 2.44. The topological polar surface area (TPSA) is 38.3 Å². The van der Waals surface area contributed by atoms with E-state index >= 15 is 0 Å². The molecule has 0 aliphatic rings. The first-order valence-electron chi connectivity index (χ1n) is 5.90. The standard InChI is InChI=1S/C14H21NO2S/c1-9-6-11(7-10(2)12(9)17-5)14(3,4)8-15-13(16)18/h6-7H,8H2,1-5H3,(H2,15,16,18). The molecule has 4 heteroatoms. The number of rotatable bonds is 4. The summed E-state index contributed by atoms with van der Waals surface area (Å²) in [5.74, 6) is 0.924. The molecular formula is C14H21NO2S. The molecule has 100 valence electrons. The fourth-order valence-corrected chi connectivity index (χ4v) is 2.14. The number of benzene rings is 1. The number of methoxy groups -OCH3 is 1. The molecule has 0 saturated heterocycles. The van der Waals surface area contributed by atoms with E-state index < -0.39 is 0 Å². The SMILES string of the molecule is COc1c(C)cc(C(C)(C)CNC(=O)S)cc1C. The van der Waals surface area contributed by atoms with Crippen LogP contribution in [0.15, 0.2) is 12.1 Å². The monoisotopic (exact) mass is 267 g/mol. The lowest BCUT2D eigenvalue weighted by molar-refractivity contribution is 0.259. The zero-order valence-electron chi connectivity index (χ0n) is 11.6. The second kappa shape index (κ2) is 5.65. The van der Waals surface area contributed by atoms with Gasteiger partial charge in [0.05, 0.1) is 7.11 Å². The Morgan fingerprint density at radius 1 is 1.33 bits per heavy atom. The Labute approximate surface area is 114 Å². The molecule has 0 unspecified atom stereocenters. The van der Waals surface area contributed by atoms with Crippen LogP contribution in [0.4, 0.5) is 4.79 Å². The van der Waals surface area contributed by atoms with Crippen LogP contribution in [-0.4, -0.2) is 18.9 Å². The van der Waals surface area contributed by atoms with Crippen molar-refractivity contribution in [3.05, 3.63) is 28.8 Å². The van der Waals surface area contributed by atoms with E-state index in [0.717, 1.165) is 16.9 Å². The van der Waals surface area contributed by atoms with Crippen LogP contribution in [0.1, 0.15) is 30.5 Å². The van der Waals surface area contributed by atoms with Crippen LogP contribution in [0.25, 0.3) is 0 Å². The Bertz CT molecular complexity index is 432. The lowest BCUT2D eigenvalue weighted by Crippen LogP contribution is -2.34. The van der Waals surface area contributed by atoms with E-state index in [0.29, 0.717) is 6.54 Å². The van der Waals surface area contributed by atoms with E-state index in [2.05, 4.69) is 43.9 Å². The predicted molar refractivity (Wildman–Crippen MR) is 77.9 cm³/mol. The van der Waals surface area contributed by atoms with E-state index in [4.69, 9.17) is 4.74 Å². The van der Waals surface area contributed by atoms with Gasteiger partial charge in [-0.25, -0.2) is 0 Å². The van der Waals surface area contributed by atoms with Crippen LogP contribution in [0.5, 0.6) is 5.75 Å². The average Bonchev–Trinajstić information content (AvgIpc) is 2.26. The summed E-state index contributed by atoms with van der Waals surface area (Å²) in [6.07, 6.45) is 0. The third-order valence-electron chi connectivity index (χ3n) is 3.13. The Hall–Kier alpha value is -1.16. The fourth-order valence-electron chi connectivity index (χ4n) is 2.06. The lowest BCUT2D eigenvalue weighted by atomic mass is 9.83. The van der Waals surface area contributed by atoms with Crippen LogP contribution in [0.3, 0.4) is 0 Å². The van der Waals surface area contributed by atoms with Gasteiger partial charge < -0.3 is 10.1 Å². The molecule has 0 heterocycles. The van der Waals surface area contributed by atoms with Gasteiger partial charge in [-0.1, -0.05) is 38.6 Å². The van der Waals surface area contributed by atoms with Crippen molar-refractivity contribution >= 4 is 17.9 Å². The maximum Gasteiger partial charge on any atom is 0.276 e. The van der Waals surface area contributed by atoms with E-state index in [1.165, 1.54) is 5.56 Å². The Morgan fingerprint density at radius 2 is 1.83 bits per heavy atom. The summed E-state index contributed by atoms with van der Waals surface area (Å²) in [6, 6.07) is 4.22. The highest BCUT2D eigenvalue weighted by Crippen LogP contribution is 2.30. The third kappa shape index (κ3) is 3.42. The number of carbonyl (C=O) groups is 1. The summed E-state index contributed by atoms with van der Waals surface area (Å²) < 4.78 is 5.36. The number of thiol groups is 1. The van der Waals surface area contributed by atoms with Crippen molar-refractivity contribution in [3.8, 4) is 5.75 Å². The van der Waals surface area contributed by atoms with Crippen LogP contribution < -0.4 is 10.1 Å². The molecule has 3 nitrogen and oxygen atoms in total. The van der Waals surface area contributed by atoms with E-state index in [-0.39, 0.29) is 10.7 Å². The number of hydrogen-bond donors (Lipinski definition) is 2. The number of amides is 1. The van der Waals surface area contributed by atoms with E-state index in [1.807, 2.05) is 13.8 Å². The maximum atomic E-state index is 10.9. The maximum absolute atomic E-state index is 10.9. The largest absolute Gasteiger partial charge is 0.496 e. The zero-order chi connectivity index (χ0) is 13.9. The van der Waals surface area contributed by atoms with Crippen LogP contribution in [0.2, 0.25) is 0 Å². The summed E-state index contributed by atoms with van der Waals surface area (Å²) >= 11 is 3.72. The van der Waals surface area contributed by atoms with Crippen LogP contribution in [0, 0.1) is 13.8 Å². The molecule has 0 atom stereocenters. The molecule has 1 amide bonds. The minimum atomic E-state index is -0.301. The zero-order valence-corrected chi connectivity index (χ0v) is 12.5. The van der Waals surface area contributed by atoms with Gasteiger partial charge in [0.2, 0.25) is 0 Å². The van der Waals surface area contributed by atoms with Crippen molar-refractivity contribution in [1.29, 1.82) is 0 Å². The van der Waals surface area contributed by atoms with Crippen molar-refractivity contribution in [2.75, 3.05) is 13.7 Å². The van der Waals surface area contributed by atoms with Gasteiger partial charge >= 0.3 is 0 Å². The highest BCUT2D eigenvalue weighted by Gasteiger charge is 2.22. The summed E-state index contributed by atoms with van der Waals surface area (Å²) in [4.78, 5) is 10.9. The van der Waals surface area contributed by atoms with Crippen molar-refractivity contribution in [3.63, 3.8) is 0 Å². The molecule has 0 aromatic heterocycles. The smallest absolute Gasteiger partial charge is 0.276 e. The first-order chi connectivity index (χ1) is 8.27. The minimum Gasteiger partial charge on any atom is -0.496 e. The van der Waals surface area contributed by atoms with E-state index in [9.17, 15) is 4.79 Å². The number of ether oxygens (including phenoxy) is 1. The Balaban J connectivity index is 3.05. The third-order valence-corrected chi connectivity index (χ3v) is 3.29. The fraction of sp³-hybridized carbons (Fsp3) is 0.500. The number of carbonyl (C=O) groups excluding carboxylic acids is 1. The average molecular weight is 267 g/mol. The van der Waals surface area contributed by atoms with Gasteiger partial charge in [0.25, 0.3) is 5.24 Å². The molecular weight excluding hydrogens is 246 g/mol. The summed E-state index contributed by atoms with van der Waals surface area (Å²) in [5.41, 5.74) is 3.26. The molecule has 1 aromatic rings. The molecule has 0 radical (unpaired) electrons. The molecule has 0 aliphatic carbocycles. The van der Waals surface area contributed by atoms with Gasteiger partial charge in [-0.05, 0) is 30.5 Å². The lowest BCUT2D eigenvalue weighted by Gasteiger charge is -2.27. The summed E-state index contributed by atoms with van der Waals surface area (Å²) in [7, 11) is 1.68. The number of hydrogen-bond acceptors (Lipinski definition) is 2. The minimum absolute atomic E-state index is 0.139. The number of aryl methyl sites for hydroxylation is 2. The van der Waals surface area contributed by atoms with Crippen molar-refractivity contribution in [2.24, 2.45) is 0 Å². The highest BCUT2D eigenvalue weighted by molar-refractivity contribution is 7.96. The molecule has 0 aliphatic heterocycles. The second-order valence-electron chi connectivity index (χ2n) is 5.19. The van der Waals surface area contributed by atoms with Crippen LogP contribution in [-0.2, 0) is 5.41 Å². The molecule has 0 bridgehead atoms. The first kappa shape index (κ1) is 14.9. The quantitative estimate of drug-likeness (QED) is 0.822. The second-order valence-corrected chi connectivity index (χ2v) is 5.59. The summed E-state index contributed by atoms with van der Waals surface area (Å²) in [6.45, 7) is 8.81. The Morgan fingerprint density at radius 3 is 2.22 bits per heavy atom. The molecule has 0 saturated carbocycles. The van der Waals surface area contributed by atoms with Gasteiger partial charge in [0.1, 0.15) is 5.75 Å². The number of nitrogens with one attached hydrogen (secondary N) is 1. The van der Waals surface area contributed by atoms with E-state index in [1.54, 1.807) is 7.11 Å².